The van der Waals surface area contributed by atoms with Gasteiger partial charge in [0.2, 0.25) is 0 Å². The van der Waals surface area contributed by atoms with Crippen LogP contribution in [0.2, 0.25) is 0 Å². The van der Waals surface area contributed by atoms with E-state index in [1.807, 2.05) is 0 Å². The first-order chi connectivity index (χ1) is 12.3. The third-order valence-corrected chi connectivity index (χ3v) is 4.81. The minimum absolute atomic E-state index is 0.978. The van der Waals surface area contributed by atoms with Gasteiger partial charge in [0, 0.05) is 18.0 Å². The molecule has 0 aliphatic rings. The van der Waals surface area contributed by atoms with Crippen LogP contribution < -0.4 is 0 Å². The molecule has 2 aromatic carbocycles. The lowest BCUT2D eigenvalue weighted by atomic mass is 10.0. The molecule has 2 heterocycles. The number of rotatable bonds is 4. The molecule has 0 saturated heterocycles. The van der Waals surface area contributed by atoms with Gasteiger partial charge < -0.3 is 4.40 Å². The van der Waals surface area contributed by atoms with Crippen molar-refractivity contribution in [1.82, 2.24) is 9.38 Å². The van der Waals surface area contributed by atoms with Crippen LogP contribution in [-0.4, -0.2) is 9.38 Å². The first-order valence-electron chi connectivity index (χ1n) is 8.94. The van der Waals surface area contributed by atoms with Gasteiger partial charge in [0.25, 0.3) is 0 Å². The summed E-state index contributed by atoms with van der Waals surface area (Å²) in [6.45, 7) is 4.36. The van der Waals surface area contributed by atoms with E-state index in [1.54, 1.807) is 0 Å². The largest absolute Gasteiger partial charge is 0.306 e. The fourth-order valence-electron chi connectivity index (χ4n) is 3.14. The zero-order chi connectivity index (χ0) is 17.2. The van der Waals surface area contributed by atoms with Crippen molar-refractivity contribution in [2.45, 2.75) is 26.7 Å². The zero-order valence-corrected chi connectivity index (χ0v) is 14.7. The Morgan fingerprint density at radius 1 is 0.720 bits per heavy atom. The first kappa shape index (κ1) is 15.6. The van der Waals surface area contributed by atoms with Gasteiger partial charge >= 0.3 is 0 Å². The van der Waals surface area contributed by atoms with E-state index in [4.69, 9.17) is 4.98 Å². The predicted octanol–water partition coefficient (Wildman–Crippen LogP) is 5.79. The lowest BCUT2D eigenvalue weighted by molar-refractivity contribution is 1.14. The monoisotopic (exact) mass is 326 g/mol. The van der Waals surface area contributed by atoms with Crippen molar-refractivity contribution in [2.75, 3.05) is 0 Å². The maximum atomic E-state index is 4.82. The van der Waals surface area contributed by atoms with Gasteiger partial charge in [0.1, 0.15) is 5.65 Å². The molecule has 0 atom stereocenters. The van der Waals surface area contributed by atoms with Crippen LogP contribution in [0.15, 0.2) is 73.1 Å². The van der Waals surface area contributed by atoms with Gasteiger partial charge in [-0.2, -0.15) is 0 Å². The fraction of sp³-hybridized carbons (Fsp3) is 0.174. The van der Waals surface area contributed by atoms with Gasteiger partial charge in [-0.15, -0.1) is 0 Å². The van der Waals surface area contributed by atoms with Gasteiger partial charge in [0.05, 0.1) is 5.69 Å². The Morgan fingerprint density at radius 3 is 1.92 bits per heavy atom. The molecule has 0 N–H and O–H groups in total. The number of pyridine rings is 1. The van der Waals surface area contributed by atoms with E-state index >= 15 is 0 Å². The third-order valence-electron chi connectivity index (χ3n) is 4.81. The van der Waals surface area contributed by atoms with Crippen molar-refractivity contribution in [3.63, 3.8) is 0 Å². The molecule has 0 aliphatic heterocycles. The number of fused-ring (bicyclic) bond motifs is 1. The Kier molecular flexibility index (Phi) is 4.10. The Morgan fingerprint density at radius 2 is 1.32 bits per heavy atom. The quantitative estimate of drug-likeness (QED) is 0.464. The molecule has 0 amide bonds. The molecule has 4 rings (SSSR count). The van der Waals surface area contributed by atoms with Gasteiger partial charge in [-0.1, -0.05) is 62.4 Å². The maximum Gasteiger partial charge on any atom is 0.138 e. The highest BCUT2D eigenvalue weighted by atomic mass is 15.0. The molecule has 4 aromatic rings. The SMILES string of the molecule is CCc1ccc(-c2ccn3cc(-c4ccc(CC)cc4)nc3c2)cc1. The Labute approximate surface area is 148 Å². The van der Waals surface area contributed by atoms with Gasteiger partial charge in [-0.3, -0.25) is 0 Å². The fourth-order valence-corrected chi connectivity index (χ4v) is 3.14. The highest BCUT2D eigenvalue weighted by molar-refractivity contribution is 5.70. The summed E-state index contributed by atoms with van der Waals surface area (Å²) in [7, 11) is 0. The number of imidazole rings is 1. The minimum atomic E-state index is 0.978. The van der Waals surface area contributed by atoms with Crippen LogP contribution in [-0.2, 0) is 12.8 Å². The van der Waals surface area contributed by atoms with Crippen LogP contribution in [0.3, 0.4) is 0 Å². The molecule has 0 bridgehead atoms. The summed E-state index contributed by atoms with van der Waals surface area (Å²) in [4.78, 5) is 4.82. The van der Waals surface area contributed by atoms with E-state index in [9.17, 15) is 0 Å². The van der Waals surface area contributed by atoms with Crippen molar-refractivity contribution in [2.24, 2.45) is 0 Å². The normalized spacial score (nSPS) is 11.1. The lowest BCUT2D eigenvalue weighted by Gasteiger charge is -2.03. The van der Waals surface area contributed by atoms with Crippen molar-refractivity contribution in [1.29, 1.82) is 0 Å². The van der Waals surface area contributed by atoms with E-state index in [1.165, 1.54) is 22.3 Å². The van der Waals surface area contributed by atoms with E-state index in [0.717, 1.165) is 29.7 Å². The predicted molar refractivity (Wildman–Crippen MR) is 105 cm³/mol. The van der Waals surface area contributed by atoms with Crippen LogP contribution in [0.1, 0.15) is 25.0 Å². The molecule has 0 fully saturated rings. The number of hydrogen-bond donors (Lipinski definition) is 0. The van der Waals surface area contributed by atoms with Crippen molar-refractivity contribution < 1.29 is 0 Å². The average Bonchev–Trinajstić information content (AvgIpc) is 3.11. The summed E-state index contributed by atoms with van der Waals surface area (Å²) in [5.41, 5.74) is 8.31. The highest BCUT2D eigenvalue weighted by Crippen LogP contribution is 2.24. The summed E-state index contributed by atoms with van der Waals surface area (Å²) in [5.74, 6) is 0. The number of nitrogens with zero attached hydrogens (tertiary/aromatic N) is 2. The average molecular weight is 326 g/mol. The van der Waals surface area contributed by atoms with Crippen LogP contribution >= 0.6 is 0 Å². The van der Waals surface area contributed by atoms with Crippen LogP contribution in [0.4, 0.5) is 0 Å². The maximum absolute atomic E-state index is 4.82. The second kappa shape index (κ2) is 6.56. The molecule has 0 unspecified atom stereocenters. The van der Waals surface area contributed by atoms with E-state index in [0.29, 0.717) is 0 Å². The molecule has 0 spiro atoms. The molecule has 2 nitrogen and oxygen atoms in total. The number of benzene rings is 2. The summed E-state index contributed by atoms with van der Waals surface area (Å²) in [6.07, 6.45) is 6.32. The molecular weight excluding hydrogens is 304 g/mol. The Hall–Kier alpha value is -2.87. The summed E-state index contributed by atoms with van der Waals surface area (Å²) in [6, 6.07) is 21.8. The number of hydrogen-bond acceptors (Lipinski definition) is 1. The summed E-state index contributed by atoms with van der Waals surface area (Å²) in [5, 5.41) is 0. The molecular formula is C23H22N2. The lowest BCUT2D eigenvalue weighted by Crippen LogP contribution is -1.85. The molecule has 2 heteroatoms. The van der Waals surface area contributed by atoms with Crippen LogP contribution in [0.5, 0.6) is 0 Å². The van der Waals surface area contributed by atoms with E-state index in [-0.39, 0.29) is 0 Å². The Bertz CT molecular complexity index is 947. The smallest absolute Gasteiger partial charge is 0.138 e. The highest BCUT2D eigenvalue weighted by Gasteiger charge is 2.06. The summed E-state index contributed by atoms with van der Waals surface area (Å²) < 4.78 is 2.09. The van der Waals surface area contributed by atoms with Crippen LogP contribution in [0, 0.1) is 0 Å². The topological polar surface area (TPSA) is 17.3 Å². The molecule has 0 aliphatic carbocycles. The van der Waals surface area contributed by atoms with Crippen molar-refractivity contribution >= 4 is 5.65 Å². The number of aryl methyl sites for hydroxylation is 2. The summed E-state index contributed by atoms with van der Waals surface area (Å²) >= 11 is 0. The molecule has 2 aromatic heterocycles. The van der Waals surface area contributed by atoms with Crippen LogP contribution in [0.25, 0.3) is 28.0 Å². The Balaban J connectivity index is 1.70. The van der Waals surface area contributed by atoms with Crippen molar-refractivity contribution in [3.05, 3.63) is 84.2 Å². The minimum Gasteiger partial charge on any atom is -0.306 e. The molecule has 25 heavy (non-hydrogen) atoms. The number of aromatic nitrogens is 2. The van der Waals surface area contributed by atoms with E-state index < -0.39 is 0 Å². The van der Waals surface area contributed by atoms with E-state index in [2.05, 4.69) is 91.3 Å². The third kappa shape index (κ3) is 3.08. The van der Waals surface area contributed by atoms with Crippen molar-refractivity contribution in [3.8, 4) is 22.4 Å². The zero-order valence-electron chi connectivity index (χ0n) is 14.7. The first-order valence-corrected chi connectivity index (χ1v) is 8.94. The van der Waals surface area contributed by atoms with Gasteiger partial charge in [0.15, 0.2) is 0 Å². The second-order valence-electron chi connectivity index (χ2n) is 6.41. The second-order valence-corrected chi connectivity index (χ2v) is 6.41. The molecule has 124 valence electrons. The van der Waals surface area contributed by atoms with Gasteiger partial charge in [-0.25, -0.2) is 4.98 Å². The van der Waals surface area contributed by atoms with Gasteiger partial charge in [-0.05, 0) is 47.2 Å². The molecule has 0 radical (unpaired) electrons. The standard InChI is InChI=1S/C23H22N2/c1-3-17-5-9-19(10-6-17)21-13-14-25-16-22(24-23(25)15-21)20-11-7-18(4-2)8-12-20/h5-16H,3-4H2,1-2H3. The molecule has 0 saturated carbocycles.